The first-order chi connectivity index (χ1) is 9.28. The maximum absolute atomic E-state index is 12.5. The molecular weight excluding hydrogens is 292 g/mol. The van der Waals surface area contributed by atoms with Crippen LogP contribution in [0, 0.1) is 0 Å². The summed E-state index contributed by atoms with van der Waals surface area (Å²) in [4.78, 5) is 15.3. The zero-order valence-corrected chi connectivity index (χ0v) is 13.1. The lowest BCUT2D eigenvalue weighted by molar-refractivity contribution is 0.0712. The van der Waals surface area contributed by atoms with Crippen LogP contribution in [-0.4, -0.2) is 37.0 Å². The van der Waals surface area contributed by atoms with Crippen LogP contribution in [-0.2, 0) is 0 Å². The summed E-state index contributed by atoms with van der Waals surface area (Å²) in [6.07, 6.45) is 2.10. The van der Waals surface area contributed by atoms with Gasteiger partial charge in [0, 0.05) is 23.8 Å². The first kappa shape index (κ1) is 15.3. The minimum atomic E-state index is 0. The minimum Gasteiger partial charge on any atom is -0.338 e. The summed E-state index contributed by atoms with van der Waals surface area (Å²) in [7, 11) is 1.99. The average molecular weight is 311 g/mol. The molecule has 20 heavy (non-hydrogen) atoms. The van der Waals surface area contributed by atoms with Gasteiger partial charge in [-0.1, -0.05) is 18.2 Å². The summed E-state index contributed by atoms with van der Waals surface area (Å²) in [5.74, 6) is 0.191. The quantitative estimate of drug-likeness (QED) is 0.924. The van der Waals surface area contributed by atoms with E-state index in [1.807, 2.05) is 30.1 Å². The van der Waals surface area contributed by atoms with Gasteiger partial charge in [-0.3, -0.25) is 4.79 Å². The fourth-order valence-corrected chi connectivity index (χ4v) is 3.65. The lowest BCUT2D eigenvalue weighted by Crippen LogP contribution is -2.43. The molecule has 3 nitrogen and oxygen atoms in total. The topological polar surface area (TPSA) is 32.3 Å². The molecule has 1 amide bonds. The molecule has 1 aliphatic rings. The van der Waals surface area contributed by atoms with Gasteiger partial charge >= 0.3 is 0 Å². The largest absolute Gasteiger partial charge is 0.338 e. The van der Waals surface area contributed by atoms with Gasteiger partial charge in [0.2, 0.25) is 0 Å². The van der Waals surface area contributed by atoms with E-state index in [0.717, 1.165) is 30.8 Å². The monoisotopic (exact) mass is 310 g/mol. The summed E-state index contributed by atoms with van der Waals surface area (Å²) in [6.45, 7) is 1.72. The number of thiophene rings is 1. The highest BCUT2D eigenvalue weighted by atomic mass is 35.5. The number of likely N-dealkylation sites (tertiary alicyclic amines) is 1. The molecule has 0 aliphatic carbocycles. The molecule has 0 atom stereocenters. The molecule has 2 heterocycles. The average Bonchev–Trinajstić information content (AvgIpc) is 2.90. The Bertz CT molecular complexity index is 557. The summed E-state index contributed by atoms with van der Waals surface area (Å²) < 4.78 is 1.19. The molecule has 3 rings (SSSR count). The molecule has 108 valence electrons. The van der Waals surface area contributed by atoms with Crippen molar-refractivity contribution in [2.45, 2.75) is 18.9 Å². The molecule has 0 radical (unpaired) electrons. The van der Waals surface area contributed by atoms with Crippen molar-refractivity contribution in [3.05, 3.63) is 35.2 Å². The molecule has 1 N–H and O–H groups in total. The zero-order valence-electron chi connectivity index (χ0n) is 11.5. The van der Waals surface area contributed by atoms with Crippen LogP contribution in [0.15, 0.2) is 30.3 Å². The smallest absolute Gasteiger partial charge is 0.263 e. The number of piperidine rings is 1. The molecule has 1 fully saturated rings. The van der Waals surface area contributed by atoms with E-state index in [0.29, 0.717) is 6.04 Å². The van der Waals surface area contributed by atoms with Crippen LogP contribution in [0.25, 0.3) is 10.1 Å². The highest BCUT2D eigenvalue weighted by molar-refractivity contribution is 7.20. The Labute approximate surface area is 129 Å². The van der Waals surface area contributed by atoms with Crippen molar-refractivity contribution in [2.75, 3.05) is 20.1 Å². The lowest BCUT2D eigenvalue weighted by atomic mass is 10.1. The van der Waals surface area contributed by atoms with Crippen LogP contribution in [0.1, 0.15) is 22.5 Å². The number of carbonyl (C=O) groups excluding carboxylic acids is 1. The SMILES string of the molecule is CNC1CCN(C(=O)c2cc3ccccc3s2)CC1.Cl. The number of hydrogen-bond donors (Lipinski definition) is 1. The predicted octanol–water partition coefficient (Wildman–Crippen LogP) is 3.15. The number of benzene rings is 1. The molecule has 1 aromatic carbocycles. The highest BCUT2D eigenvalue weighted by Crippen LogP contribution is 2.27. The Morgan fingerprint density at radius 2 is 2.00 bits per heavy atom. The van der Waals surface area contributed by atoms with E-state index in [1.165, 1.54) is 10.1 Å². The third-order valence-electron chi connectivity index (χ3n) is 3.83. The van der Waals surface area contributed by atoms with Crippen LogP contribution in [0.2, 0.25) is 0 Å². The highest BCUT2D eigenvalue weighted by Gasteiger charge is 2.23. The second-order valence-electron chi connectivity index (χ2n) is 5.00. The lowest BCUT2D eigenvalue weighted by Gasteiger charge is -2.31. The van der Waals surface area contributed by atoms with Crippen LogP contribution in [0.5, 0.6) is 0 Å². The summed E-state index contributed by atoms with van der Waals surface area (Å²) >= 11 is 1.60. The molecule has 1 aromatic heterocycles. The fourth-order valence-electron chi connectivity index (χ4n) is 2.61. The van der Waals surface area contributed by atoms with E-state index in [1.54, 1.807) is 11.3 Å². The molecule has 2 aromatic rings. The number of hydrogen-bond acceptors (Lipinski definition) is 3. The molecule has 1 saturated heterocycles. The van der Waals surface area contributed by atoms with Gasteiger partial charge in [0.1, 0.15) is 0 Å². The van der Waals surface area contributed by atoms with Crippen molar-refractivity contribution in [3.63, 3.8) is 0 Å². The standard InChI is InChI=1S/C15H18N2OS.ClH/c1-16-12-6-8-17(9-7-12)15(18)14-10-11-4-2-3-5-13(11)19-14;/h2-5,10,12,16H,6-9H2,1H3;1H. The molecule has 5 heteroatoms. The number of nitrogens with zero attached hydrogens (tertiary/aromatic N) is 1. The Morgan fingerprint density at radius 1 is 1.30 bits per heavy atom. The number of rotatable bonds is 2. The number of amides is 1. The van der Waals surface area contributed by atoms with E-state index in [-0.39, 0.29) is 18.3 Å². The Balaban J connectivity index is 0.00000147. The molecule has 0 unspecified atom stereocenters. The third kappa shape index (κ3) is 2.97. The van der Waals surface area contributed by atoms with Gasteiger partial charge in [-0.05, 0) is 37.4 Å². The maximum Gasteiger partial charge on any atom is 0.263 e. The summed E-state index contributed by atoms with van der Waals surface area (Å²) in [6, 6.07) is 10.8. The fraction of sp³-hybridized carbons (Fsp3) is 0.400. The van der Waals surface area contributed by atoms with Crippen molar-refractivity contribution in [1.82, 2.24) is 10.2 Å². The van der Waals surface area contributed by atoms with Crippen molar-refractivity contribution < 1.29 is 4.79 Å². The summed E-state index contributed by atoms with van der Waals surface area (Å²) in [5, 5.41) is 4.46. The van der Waals surface area contributed by atoms with Crippen LogP contribution in [0.4, 0.5) is 0 Å². The van der Waals surface area contributed by atoms with Crippen LogP contribution >= 0.6 is 23.7 Å². The maximum atomic E-state index is 12.5. The molecular formula is C15H19ClN2OS. The van der Waals surface area contributed by atoms with Gasteiger partial charge in [-0.25, -0.2) is 0 Å². The Hall–Kier alpha value is -1.10. The number of nitrogens with one attached hydrogen (secondary N) is 1. The zero-order chi connectivity index (χ0) is 13.2. The van der Waals surface area contributed by atoms with Crippen LogP contribution < -0.4 is 5.32 Å². The van der Waals surface area contributed by atoms with Gasteiger partial charge in [-0.2, -0.15) is 0 Å². The van der Waals surface area contributed by atoms with Gasteiger partial charge in [0.15, 0.2) is 0 Å². The first-order valence-electron chi connectivity index (χ1n) is 6.73. The first-order valence-corrected chi connectivity index (χ1v) is 7.54. The molecule has 0 spiro atoms. The van der Waals surface area contributed by atoms with Crippen molar-refractivity contribution in [1.29, 1.82) is 0 Å². The molecule has 0 saturated carbocycles. The van der Waals surface area contributed by atoms with Gasteiger partial charge < -0.3 is 10.2 Å². The Morgan fingerprint density at radius 3 is 2.65 bits per heavy atom. The third-order valence-corrected chi connectivity index (χ3v) is 4.93. The predicted molar refractivity (Wildman–Crippen MR) is 87.1 cm³/mol. The van der Waals surface area contributed by atoms with E-state index in [9.17, 15) is 4.79 Å². The van der Waals surface area contributed by atoms with Gasteiger partial charge in [0.05, 0.1) is 4.88 Å². The minimum absolute atomic E-state index is 0. The van der Waals surface area contributed by atoms with E-state index in [2.05, 4.69) is 17.4 Å². The van der Waals surface area contributed by atoms with Crippen molar-refractivity contribution in [2.24, 2.45) is 0 Å². The van der Waals surface area contributed by atoms with E-state index < -0.39 is 0 Å². The van der Waals surface area contributed by atoms with Crippen LogP contribution in [0.3, 0.4) is 0 Å². The van der Waals surface area contributed by atoms with E-state index >= 15 is 0 Å². The van der Waals surface area contributed by atoms with Crippen molar-refractivity contribution >= 4 is 39.7 Å². The number of halogens is 1. The number of carbonyl (C=O) groups is 1. The van der Waals surface area contributed by atoms with Gasteiger partial charge in [-0.15, -0.1) is 23.7 Å². The Kier molecular flexibility index (Phi) is 5.02. The molecule has 0 bridgehead atoms. The normalized spacial score (nSPS) is 16.1. The summed E-state index contributed by atoms with van der Waals surface area (Å²) in [5.41, 5.74) is 0. The van der Waals surface area contributed by atoms with Crippen molar-refractivity contribution in [3.8, 4) is 0 Å². The number of fused-ring (bicyclic) bond motifs is 1. The van der Waals surface area contributed by atoms with E-state index in [4.69, 9.17) is 0 Å². The second kappa shape index (κ2) is 6.57. The molecule has 1 aliphatic heterocycles. The van der Waals surface area contributed by atoms with Gasteiger partial charge in [0.25, 0.3) is 5.91 Å². The second-order valence-corrected chi connectivity index (χ2v) is 6.09.